The number of carbonyl (C=O) groups is 3. The average molecular weight is 788 g/mol. The Morgan fingerprint density at radius 2 is 0.949 bits per heavy atom. The second-order valence-corrected chi connectivity index (χ2v) is 14.1. The Bertz CT molecular complexity index is 2490. The lowest BCUT2D eigenvalue weighted by atomic mass is 9.64. The number of para-hydroxylation sites is 1. The van der Waals surface area contributed by atoms with E-state index in [2.05, 4.69) is 0 Å². The molecule has 3 heterocycles. The highest BCUT2D eigenvalue weighted by atomic mass is 16.5. The van der Waals surface area contributed by atoms with Crippen molar-refractivity contribution in [2.75, 3.05) is 0 Å². The molecule has 6 aromatic carbocycles. The van der Waals surface area contributed by atoms with Crippen molar-refractivity contribution in [1.29, 1.82) is 0 Å². The van der Waals surface area contributed by atoms with Crippen LogP contribution in [0.15, 0.2) is 127 Å². The Morgan fingerprint density at radius 1 is 0.508 bits per heavy atom. The van der Waals surface area contributed by atoms with Gasteiger partial charge < -0.3 is 38.4 Å². The van der Waals surface area contributed by atoms with E-state index in [0.717, 1.165) is 34.5 Å². The molecular weight excluding hydrogens is 749 g/mol. The van der Waals surface area contributed by atoms with Gasteiger partial charge in [-0.25, -0.2) is 9.59 Å². The van der Waals surface area contributed by atoms with E-state index < -0.39 is 11.9 Å². The molecule has 0 aliphatic carbocycles. The van der Waals surface area contributed by atoms with Crippen LogP contribution in [0, 0.1) is 0 Å². The second kappa shape index (κ2) is 18.3. The molecule has 0 bridgehead atoms. The maximum atomic E-state index is 10.9. The number of benzene rings is 6. The van der Waals surface area contributed by atoms with Gasteiger partial charge in [-0.05, 0) is 124 Å². The highest BCUT2D eigenvalue weighted by molar-refractivity contribution is 6.68. The van der Waals surface area contributed by atoms with E-state index in [1.807, 2.05) is 87.2 Å². The predicted molar refractivity (Wildman–Crippen MR) is 226 cm³/mol. The fourth-order valence-corrected chi connectivity index (χ4v) is 6.84. The van der Waals surface area contributed by atoms with Crippen molar-refractivity contribution < 1.29 is 52.8 Å². The summed E-state index contributed by atoms with van der Waals surface area (Å²) in [5.41, 5.74) is 7.98. The van der Waals surface area contributed by atoms with E-state index >= 15 is 0 Å². The first-order valence-electron chi connectivity index (χ1n) is 19.0. The van der Waals surface area contributed by atoms with E-state index in [9.17, 15) is 14.4 Å². The molecule has 0 saturated carbocycles. The summed E-state index contributed by atoms with van der Waals surface area (Å²) in [4.78, 5) is 32.6. The molecule has 59 heavy (non-hydrogen) atoms. The van der Waals surface area contributed by atoms with Crippen LogP contribution in [-0.2, 0) is 33.8 Å². The highest BCUT2D eigenvalue weighted by Gasteiger charge is 2.25. The Morgan fingerprint density at radius 3 is 1.44 bits per heavy atom. The van der Waals surface area contributed by atoms with Crippen molar-refractivity contribution >= 4 is 55.4 Å². The first-order valence-corrected chi connectivity index (χ1v) is 19.0. The van der Waals surface area contributed by atoms with E-state index in [1.165, 1.54) is 40.7 Å². The van der Waals surface area contributed by atoms with Gasteiger partial charge in [0.05, 0.1) is 36.5 Å². The van der Waals surface area contributed by atoms with E-state index in [4.69, 9.17) is 38.4 Å². The average Bonchev–Trinajstić information content (AvgIpc) is 3.93. The van der Waals surface area contributed by atoms with Crippen LogP contribution < -0.4 is 30.6 Å². The van der Waals surface area contributed by atoms with Gasteiger partial charge in [-0.2, -0.15) is 0 Å². The van der Waals surface area contributed by atoms with Crippen LogP contribution in [0.25, 0.3) is 0 Å². The number of ether oxygens (including phenoxy) is 3. The molecule has 0 amide bonds. The van der Waals surface area contributed by atoms with Crippen LogP contribution in [0.5, 0.6) is 34.5 Å². The first-order chi connectivity index (χ1) is 28.5. The van der Waals surface area contributed by atoms with Crippen LogP contribution in [0.3, 0.4) is 0 Å². The molecule has 3 aliphatic rings. The standard InChI is InChI=1S/2C15H13BO4.C15H13BO3/c1-16-14-7-6-13(8-11(14)9-19-16)20-12-4-2-10(3-5-12)15(17)18;1-16-14-6-5-13(8-11(14)9-19-16)20-12-4-2-3-10(7-12)15(17)18;1-16-14-7-6-13(8-12(14)10-18-16)19-15-5-3-2-4-11(15)9-17/h2*2-8H,9H2,1H3,(H,17,18);2-9H,10H2,1H3. The Kier molecular flexibility index (Phi) is 12.6. The third kappa shape index (κ3) is 9.93. The van der Waals surface area contributed by atoms with Crippen LogP contribution in [0.4, 0.5) is 0 Å². The normalized spacial score (nSPS) is 13.2. The largest absolute Gasteiger partial charge is 0.478 e. The van der Waals surface area contributed by atoms with Crippen LogP contribution in [-0.4, -0.2) is 49.2 Å². The molecule has 0 unspecified atom stereocenters. The fourth-order valence-electron chi connectivity index (χ4n) is 6.84. The molecular formula is C45H39B3O11. The van der Waals surface area contributed by atoms with Crippen LogP contribution in [0.2, 0.25) is 20.5 Å². The van der Waals surface area contributed by atoms with Crippen molar-refractivity contribution in [2.45, 2.75) is 40.3 Å². The van der Waals surface area contributed by atoms with E-state index in [1.54, 1.807) is 36.4 Å². The second-order valence-electron chi connectivity index (χ2n) is 14.1. The SMILES string of the molecule is CB1OCc2cc(Oc3ccc(C(=O)O)cc3)ccc21.CB1OCc2cc(Oc3cccc(C(=O)O)c3)ccc21.CB1OCc2cc(Oc3ccccc3C=O)ccc21. The zero-order valence-corrected chi connectivity index (χ0v) is 32.6. The lowest BCUT2D eigenvalue weighted by Crippen LogP contribution is -2.23. The van der Waals surface area contributed by atoms with Crippen molar-refractivity contribution in [3.63, 3.8) is 0 Å². The minimum absolute atomic E-state index is 0.120. The molecule has 294 valence electrons. The summed E-state index contributed by atoms with van der Waals surface area (Å²) in [6.45, 7) is 8.28. The summed E-state index contributed by atoms with van der Waals surface area (Å²) >= 11 is 0. The van der Waals surface area contributed by atoms with Gasteiger partial charge in [0, 0.05) is 0 Å². The molecule has 14 heteroatoms. The van der Waals surface area contributed by atoms with Crippen molar-refractivity contribution in [2.24, 2.45) is 0 Å². The summed E-state index contributed by atoms with van der Waals surface area (Å²) in [5.74, 6) is 1.93. The quantitative estimate of drug-likeness (QED) is 0.110. The van der Waals surface area contributed by atoms with Gasteiger partial charge in [0.15, 0.2) is 6.29 Å². The molecule has 6 aromatic rings. The summed E-state index contributed by atoms with van der Waals surface area (Å²) in [6, 6.07) is 37.5. The number of aromatic carboxylic acids is 2. The maximum Gasteiger partial charge on any atom is 0.335 e. The summed E-state index contributed by atoms with van der Waals surface area (Å²) in [7, 11) is 0. The number of carboxylic acid groups (broad SMARTS) is 2. The summed E-state index contributed by atoms with van der Waals surface area (Å²) < 4.78 is 33.9. The fraction of sp³-hybridized carbons (Fsp3) is 0.133. The predicted octanol–water partition coefficient (Wildman–Crippen LogP) is 7.72. The van der Waals surface area contributed by atoms with E-state index in [-0.39, 0.29) is 31.9 Å². The molecule has 11 nitrogen and oxygen atoms in total. The van der Waals surface area contributed by atoms with E-state index in [0.29, 0.717) is 48.4 Å². The summed E-state index contributed by atoms with van der Waals surface area (Å²) in [6.07, 6.45) is 0.799. The van der Waals surface area contributed by atoms with Gasteiger partial charge in [-0.3, -0.25) is 4.79 Å². The molecule has 9 rings (SSSR count). The third-order valence-electron chi connectivity index (χ3n) is 10.1. The molecule has 0 aromatic heterocycles. The number of rotatable bonds is 9. The highest BCUT2D eigenvalue weighted by Crippen LogP contribution is 2.28. The number of hydrogen-bond acceptors (Lipinski definition) is 9. The van der Waals surface area contributed by atoms with Gasteiger partial charge in [0.1, 0.15) is 34.5 Å². The smallest absolute Gasteiger partial charge is 0.335 e. The Balaban J connectivity index is 0.000000134. The van der Waals surface area contributed by atoms with Crippen LogP contribution in [0.1, 0.15) is 47.8 Å². The third-order valence-corrected chi connectivity index (χ3v) is 10.1. The maximum absolute atomic E-state index is 10.9. The molecule has 0 spiro atoms. The number of carbonyl (C=O) groups excluding carboxylic acids is 1. The number of carboxylic acids is 2. The lowest BCUT2D eigenvalue weighted by Gasteiger charge is -2.09. The van der Waals surface area contributed by atoms with Gasteiger partial charge in [0.2, 0.25) is 0 Å². The van der Waals surface area contributed by atoms with Gasteiger partial charge >= 0.3 is 32.7 Å². The molecule has 0 fully saturated rings. The van der Waals surface area contributed by atoms with Gasteiger partial charge in [-0.15, -0.1) is 0 Å². The summed E-state index contributed by atoms with van der Waals surface area (Å²) in [5, 5.41) is 17.8. The zero-order valence-electron chi connectivity index (χ0n) is 32.6. The molecule has 2 N–H and O–H groups in total. The van der Waals surface area contributed by atoms with Crippen molar-refractivity contribution in [1.82, 2.24) is 0 Å². The molecule has 0 atom stereocenters. The lowest BCUT2D eigenvalue weighted by molar-refractivity contribution is 0.0686. The van der Waals surface area contributed by atoms with Crippen LogP contribution >= 0.6 is 0 Å². The number of aldehydes is 1. The topological polar surface area (TPSA) is 147 Å². The Labute approximate surface area is 342 Å². The monoisotopic (exact) mass is 788 g/mol. The Hall–Kier alpha value is -6.60. The minimum Gasteiger partial charge on any atom is -0.478 e. The molecule has 0 saturated heterocycles. The molecule has 0 radical (unpaired) electrons. The zero-order chi connectivity index (χ0) is 41.5. The van der Waals surface area contributed by atoms with Crippen molar-refractivity contribution in [3.8, 4) is 34.5 Å². The van der Waals surface area contributed by atoms with Crippen molar-refractivity contribution in [3.05, 3.63) is 161 Å². The number of hydrogen-bond donors (Lipinski definition) is 2. The first kappa shape index (κ1) is 40.6. The number of fused-ring (bicyclic) bond motifs is 3. The minimum atomic E-state index is -0.966. The van der Waals surface area contributed by atoms with Gasteiger partial charge in [-0.1, -0.05) is 56.9 Å². The van der Waals surface area contributed by atoms with Gasteiger partial charge in [0.25, 0.3) is 0 Å². The molecule has 3 aliphatic heterocycles.